The highest BCUT2D eigenvalue weighted by atomic mass is 16.5. The van der Waals surface area contributed by atoms with Gasteiger partial charge in [-0.1, -0.05) is 19.9 Å². The summed E-state index contributed by atoms with van der Waals surface area (Å²) in [6, 6.07) is 6.18. The summed E-state index contributed by atoms with van der Waals surface area (Å²) in [5, 5.41) is 0. The van der Waals surface area contributed by atoms with E-state index >= 15 is 0 Å². The van der Waals surface area contributed by atoms with E-state index < -0.39 is 0 Å². The summed E-state index contributed by atoms with van der Waals surface area (Å²) in [6.07, 6.45) is 3.42. The van der Waals surface area contributed by atoms with Gasteiger partial charge in [0.2, 0.25) is 0 Å². The smallest absolute Gasteiger partial charge is 0.161 e. The zero-order chi connectivity index (χ0) is 14.2. The van der Waals surface area contributed by atoms with E-state index in [1.54, 1.807) is 0 Å². The second-order valence-electron chi connectivity index (χ2n) is 5.80. The molecule has 20 heavy (non-hydrogen) atoms. The van der Waals surface area contributed by atoms with E-state index in [0.717, 1.165) is 30.8 Å². The van der Waals surface area contributed by atoms with Gasteiger partial charge in [0.15, 0.2) is 11.5 Å². The van der Waals surface area contributed by atoms with Crippen LogP contribution in [-0.4, -0.2) is 19.0 Å². The van der Waals surface area contributed by atoms with E-state index in [1.165, 1.54) is 5.56 Å². The summed E-state index contributed by atoms with van der Waals surface area (Å²) in [5.74, 6) is 2.41. The van der Waals surface area contributed by atoms with Gasteiger partial charge in [-0.05, 0) is 30.5 Å². The molecule has 1 atom stereocenters. The number of hydrogen-bond acceptors (Lipinski definition) is 3. The number of fused-ring (bicyclic) bond motifs is 1. The lowest BCUT2D eigenvalue weighted by Crippen LogP contribution is -2.47. The number of hydrogen-bond donors (Lipinski definition) is 0. The number of rotatable bonds is 3. The Hall–Kier alpha value is -1.51. The molecule has 0 radical (unpaired) electrons. The molecule has 1 heterocycles. The molecule has 3 heteroatoms. The average Bonchev–Trinajstić information content (AvgIpc) is 2.70. The molecule has 0 N–H and O–H groups in total. The van der Waals surface area contributed by atoms with E-state index in [4.69, 9.17) is 9.47 Å². The van der Waals surface area contributed by atoms with Crippen LogP contribution >= 0.6 is 0 Å². The molecule has 1 unspecified atom stereocenters. The first-order chi connectivity index (χ1) is 9.71. The Morgan fingerprint density at radius 1 is 1.15 bits per heavy atom. The zero-order valence-electron chi connectivity index (χ0n) is 12.3. The van der Waals surface area contributed by atoms with Crippen molar-refractivity contribution in [2.75, 3.05) is 13.2 Å². The molecule has 0 spiro atoms. The maximum Gasteiger partial charge on any atom is 0.161 e. The summed E-state index contributed by atoms with van der Waals surface area (Å²) in [7, 11) is 0. The van der Waals surface area contributed by atoms with Crippen LogP contribution in [-0.2, 0) is 4.79 Å². The molecule has 1 aromatic rings. The van der Waals surface area contributed by atoms with Gasteiger partial charge >= 0.3 is 0 Å². The molecule has 1 aliphatic carbocycles. The second kappa shape index (κ2) is 5.12. The first-order valence-electron chi connectivity index (χ1n) is 7.64. The van der Waals surface area contributed by atoms with E-state index in [9.17, 15) is 4.79 Å². The Morgan fingerprint density at radius 3 is 2.50 bits per heavy atom. The summed E-state index contributed by atoms with van der Waals surface area (Å²) in [4.78, 5) is 12.1. The molecule has 0 bridgehead atoms. The quantitative estimate of drug-likeness (QED) is 0.843. The van der Waals surface area contributed by atoms with Crippen LogP contribution in [0.15, 0.2) is 18.2 Å². The summed E-state index contributed by atoms with van der Waals surface area (Å²) >= 11 is 0. The summed E-state index contributed by atoms with van der Waals surface area (Å²) in [5.41, 5.74) is 1.07. The van der Waals surface area contributed by atoms with Crippen molar-refractivity contribution in [3.63, 3.8) is 0 Å². The highest BCUT2D eigenvalue weighted by molar-refractivity contribution is 5.93. The van der Waals surface area contributed by atoms with Crippen molar-refractivity contribution in [3.8, 4) is 11.5 Å². The molecule has 108 valence electrons. The molecule has 1 saturated carbocycles. The van der Waals surface area contributed by atoms with Crippen molar-refractivity contribution in [2.45, 2.75) is 45.4 Å². The minimum atomic E-state index is -0.153. The number of Topliss-reactive ketones (excluding diaryl/α,β-unsaturated/α-hetero) is 1. The molecule has 1 aliphatic heterocycles. The Morgan fingerprint density at radius 2 is 1.85 bits per heavy atom. The lowest BCUT2D eigenvalue weighted by molar-refractivity contribution is -0.141. The van der Waals surface area contributed by atoms with E-state index in [0.29, 0.717) is 31.3 Å². The van der Waals surface area contributed by atoms with Crippen molar-refractivity contribution in [3.05, 3.63) is 23.8 Å². The summed E-state index contributed by atoms with van der Waals surface area (Å²) in [6.45, 7) is 5.65. The van der Waals surface area contributed by atoms with Crippen molar-refractivity contribution in [1.82, 2.24) is 0 Å². The molecular formula is C17H22O3. The molecule has 2 aliphatic rings. The van der Waals surface area contributed by atoms with Gasteiger partial charge in [0.25, 0.3) is 0 Å². The monoisotopic (exact) mass is 274 g/mol. The van der Waals surface area contributed by atoms with E-state index in [-0.39, 0.29) is 5.41 Å². The van der Waals surface area contributed by atoms with Gasteiger partial charge in [-0.15, -0.1) is 0 Å². The van der Waals surface area contributed by atoms with Crippen LogP contribution in [0.2, 0.25) is 0 Å². The molecule has 1 aromatic carbocycles. The molecule has 0 saturated heterocycles. The minimum Gasteiger partial charge on any atom is -0.490 e. The minimum absolute atomic E-state index is 0.153. The second-order valence-corrected chi connectivity index (χ2v) is 5.80. The molecule has 1 fully saturated rings. The third-order valence-electron chi connectivity index (χ3n) is 5.05. The van der Waals surface area contributed by atoms with Gasteiger partial charge in [-0.3, -0.25) is 4.79 Å². The van der Waals surface area contributed by atoms with Gasteiger partial charge in [-0.2, -0.15) is 0 Å². The fourth-order valence-corrected chi connectivity index (χ4v) is 3.62. The third-order valence-corrected chi connectivity index (χ3v) is 5.05. The van der Waals surface area contributed by atoms with E-state index in [1.807, 2.05) is 6.07 Å². The highest BCUT2D eigenvalue weighted by Crippen LogP contribution is 2.55. The van der Waals surface area contributed by atoms with Crippen LogP contribution < -0.4 is 9.47 Å². The number of benzene rings is 1. The molecule has 0 amide bonds. The van der Waals surface area contributed by atoms with Crippen molar-refractivity contribution >= 4 is 5.78 Å². The predicted octanol–water partition coefficient (Wildman–Crippen LogP) is 3.71. The number of carbonyl (C=O) groups is 1. The largest absolute Gasteiger partial charge is 0.490 e. The maximum atomic E-state index is 12.1. The first kappa shape index (κ1) is 13.5. The Balaban J connectivity index is 1.92. The van der Waals surface area contributed by atoms with Crippen LogP contribution in [0.4, 0.5) is 0 Å². The van der Waals surface area contributed by atoms with Crippen LogP contribution in [0.3, 0.4) is 0 Å². The zero-order valence-corrected chi connectivity index (χ0v) is 12.3. The van der Waals surface area contributed by atoms with Crippen molar-refractivity contribution in [1.29, 1.82) is 0 Å². The molecular weight excluding hydrogens is 252 g/mol. The van der Waals surface area contributed by atoms with Gasteiger partial charge in [-0.25, -0.2) is 0 Å². The highest BCUT2D eigenvalue weighted by Gasteiger charge is 2.52. The number of carbonyl (C=O) groups excluding carboxylic acids is 1. The summed E-state index contributed by atoms with van der Waals surface area (Å²) < 4.78 is 11.4. The lowest BCUT2D eigenvalue weighted by Gasteiger charge is -2.47. The average molecular weight is 274 g/mol. The van der Waals surface area contributed by atoms with Gasteiger partial charge in [0, 0.05) is 24.2 Å². The maximum absolute atomic E-state index is 12.1. The predicted molar refractivity (Wildman–Crippen MR) is 77.4 cm³/mol. The van der Waals surface area contributed by atoms with Crippen LogP contribution in [0, 0.1) is 5.41 Å². The van der Waals surface area contributed by atoms with Crippen molar-refractivity contribution in [2.24, 2.45) is 5.41 Å². The van der Waals surface area contributed by atoms with E-state index in [2.05, 4.69) is 26.0 Å². The molecule has 3 nitrogen and oxygen atoms in total. The Labute approximate surface area is 120 Å². The lowest BCUT2D eigenvalue weighted by atomic mass is 9.54. The molecule has 0 aromatic heterocycles. The van der Waals surface area contributed by atoms with Gasteiger partial charge in [0.1, 0.15) is 5.78 Å². The normalized spacial score (nSPS) is 23.9. The first-order valence-corrected chi connectivity index (χ1v) is 7.64. The van der Waals surface area contributed by atoms with Gasteiger partial charge in [0.05, 0.1) is 13.2 Å². The fraction of sp³-hybridized carbons (Fsp3) is 0.588. The molecule has 3 rings (SSSR count). The Kier molecular flexibility index (Phi) is 3.45. The van der Waals surface area contributed by atoms with Crippen LogP contribution in [0.1, 0.15) is 51.0 Å². The topological polar surface area (TPSA) is 35.5 Å². The standard InChI is InChI=1S/C17H22O3/c1-3-17(4-2)13(11-16(17)18)12-6-7-14-15(10-12)20-9-5-8-19-14/h6-7,10,13H,3-5,8-9,11H2,1-2H3. The van der Waals surface area contributed by atoms with Crippen LogP contribution in [0.25, 0.3) is 0 Å². The SMILES string of the molecule is CCC1(CC)C(=O)CC1c1ccc2c(c1)OCCCO2. The fourth-order valence-electron chi connectivity index (χ4n) is 3.62. The third kappa shape index (κ3) is 1.91. The van der Waals surface area contributed by atoms with Crippen molar-refractivity contribution < 1.29 is 14.3 Å². The van der Waals surface area contributed by atoms with Crippen LogP contribution in [0.5, 0.6) is 11.5 Å². The number of ether oxygens (including phenoxy) is 2. The number of ketones is 1. The Bertz CT molecular complexity index is 517. The van der Waals surface area contributed by atoms with Gasteiger partial charge < -0.3 is 9.47 Å².